The summed E-state index contributed by atoms with van der Waals surface area (Å²) < 4.78 is 38.4. The number of benzene rings is 3. The number of hydrogen-bond donors (Lipinski definition) is 2. The molecule has 4 aromatic rings. The van der Waals surface area contributed by atoms with E-state index in [0.29, 0.717) is 5.75 Å². The SMILES string of the molecule is COc1ccc(S(=O)(=O)Nc2cccc(C(=O)Nc3nnc(-c4cccc(SC)c4)o3)c2)cc1. The Labute approximate surface area is 200 Å². The Balaban J connectivity index is 1.47. The fourth-order valence-corrected chi connectivity index (χ4v) is 4.52. The van der Waals surface area contributed by atoms with Crippen LogP contribution in [0.15, 0.2) is 87.0 Å². The van der Waals surface area contributed by atoms with Gasteiger partial charge in [-0.3, -0.25) is 14.8 Å². The van der Waals surface area contributed by atoms with Gasteiger partial charge < -0.3 is 9.15 Å². The molecule has 0 radical (unpaired) electrons. The Morgan fingerprint density at radius 1 is 1.00 bits per heavy atom. The van der Waals surface area contributed by atoms with E-state index in [1.807, 2.05) is 30.5 Å². The standard InChI is InChI=1S/C23H20N4O5S2/c1-31-18-9-11-20(12-10-18)34(29,30)27-17-7-3-5-15(13-17)21(28)24-23-26-25-22(32-23)16-6-4-8-19(14-16)33-2/h3-14,27H,1-2H3,(H,24,26,28). The molecule has 0 aliphatic carbocycles. The number of ether oxygens (including phenoxy) is 1. The second-order valence-electron chi connectivity index (χ2n) is 6.96. The average molecular weight is 497 g/mol. The van der Waals surface area contributed by atoms with Crippen molar-refractivity contribution in [3.8, 4) is 17.2 Å². The second-order valence-corrected chi connectivity index (χ2v) is 9.52. The fraction of sp³-hybridized carbons (Fsp3) is 0.0870. The topological polar surface area (TPSA) is 123 Å². The average Bonchev–Trinajstić information content (AvgIpc) is 3.32. The van der Waals surface area contributed by atoms with E-state index in [4.69, 9.17) is 9.15 Å². The first-order chi connectivity index (χ1) is 16.4. The molecule has 0 aliphatic rings. The highest BCUT2D eigenvalue weighted by Crippen LogP contribution is 2.25. The summed E-state index contributed by atoms with van der Waals surface area (Å²) >= 11 is 1.58. The molecule has 0 saturated heterocycles. The van der Waals surface area contributed by atoms with Gasteiger partial charge in [0.2, 0.25) is 5.89 Å². The summed E-state index contributed by atoms with van der Waals surface area (Å²) in [4.78, 5) is 13.8. The maximum absolute atomic E-state index is 12.7. The van der Waals surface area contributed by atoms with Crippen molar-refractivity contribution in [2.45, 2.75) is 9.79 Å². The van der Waals surface area contributed by atoms with Crippen LogP contribution in [0.3, 0.4) is 0 Å². The summed E-state index contributed by atoms with van der Waals surface area (Å²) in [5, 5.41) is 10.4. The van der Waals surface area contributed by atoms with Crippen LogP contribution in [0, 0.1) is 0 Å². The molecule has 174 valence electrons. The van der Waals surface area contributed by atoms with Crippen LogP contribution in [-0.4, -0.2) is 37.9 Å². The van der Waals surface area contributed by atoms with Gasteiger partial charge in [-0.25, -0.2) is 8.42 Å². The smallest absolute Gasteiger partial charge is 0.322 e. The van der Waals surface area contributed by atoms with Crippen molar-refractivity contribution in [2.24, 2.45) is 0 Å². The van der Waals surface area contributed by atoms with E-state index in [1.165, 1.54) is 25.3 Å². The lowest BCUT2D eigenvalue weighted by Gasteiger charge is -2.10. The highest BCUT2D eigenvalue weighted by molar-refractivity contribution is 7.98. The number of sulfonamides is 1. The number of nitrogens with one attached hydrogen (secondary N) is 2. The predicted molar refractivity (Wildman–Crippen MR) is 130 cm³/mol. The van der Waals surface area contributed by atoms with Crippen LogP contribution in [0.4, 0.5) is 11.7 Å². The second kappa shape index (κ2) is 9.98. The molecule has 9 nitrogen and oxygen atoms in total. The minimum atomic E-state index is -3.85. The van der Waals surface area contributed by atoms with Gasteiger partial charge in [-0.1, -0.05) is 17.2 Å². The Kier molecular flexibility index (Phi) is 6.85. The molecule has 0 fully saturated rings. The third kappa shape index (κ3) is 5.38. The first kappa shape index (κ1) is 23.3. The largest absolute Gasteiger partial charge is 0.497 e. The number of aromatic nitrogens is 2. The first-order valence-electron chi connectivity index (χ1n) is 9.94. The lowest BCUT2D eigenvalue weighted by molar-refractivity contribution is 0.102. The molecule has 1 aromatic heterocycles. The molecule has 0 unspecified atom stereocenters. The van der Waals surface area contributed by atoms with Crippen LogP contribution in [0.2, 0.25) is 0 Å². The van der Waals surface area contributed by atoms with Crippen molar-refractivity contribution in [3.63, 3.8) is 0 Å². The maximum atomic E-state index is 12.7. The van der Waals surface area contributed by atoms with Crippen molar-refractivity contribution >= 4 is 39.4 Å². The summed E-state index contributed by atoms with van der Waals surface area (Å²) in [5.74, 6) is 0.282. The molecule has 0 saturated carbocycles. The maximum Gasteiger partial charge on any atom is 0.322 e. The molecule has 1 amide bonds. The van der Waals surface area contributed by atoms with Crippen molar-refractivity contribution in [2.75, 3.05) is 23.4 Å². The normalized spacial score (nSPS) is 11.1. The van der Waals surface area contributed by atoms with Gasteiger partial charge in [-0.2, -0.15) is 0 Å². The van der Waals surface area contributed by atoms with Gasteiger partial charge in [0.05, 0.1) is 12.0 Å². The molecule has 0 spiro atoms. The van der Waals surface area contributed by atoms with E-state index < -0.39 is 15.9 Å². The molecular formula is C23H20N4O5S2. The Morgan fingerprint density at radius 2 is 1.76 bits per heavy atom. The van der Waals surface area contributed by atoms with Gasteiger partial charge in [-0.15, -0.1) is 16.9 Å². The summed E-state index contributed by atoms with van der Waals surface area (Å²) in [6, 6.07) is 19.5. The van der Waals surface area contributed by atoms with Crippen LogP contribution in [0.25, 0.3) is 11.5 Å². The molecule has 0 bridgehead atoms. The minimum absolute atomic E-state index is 0.0621. The summed E-state index contributed by atoms with van der Waals surface area (Å²) in [6.07, 6.45) is 1.96. The lowest BCUT2D eigenvalue weighted by Crippen LogP contribution is -2.15. The number of carbonyl (C=O) groups is 1. The van der Waals surface area contributed by atoms with Crippen LogP contribution >= 0.6 is 11.8 Å². The van der Waals surface area contributed by atoms with E-state index >= 15 is 0 Å². The van der Waals surface area contributed by atoms with Crippen molar-refractivity contribution in [1.29, 1.82) is 0 Å². The molecule has 1 heterocycles. The molecule has 2 N–H and O–H groups in total. The molecular weight excluding hydrogens is 476 g/mol. The Morgan fingerprint density at radius 3 is 2.50 bits per heavy atom. The summed E-state index contributed by atoms with van der Waals surface area (Å²) in [7, 11) is -2.36. The van der Waals surface area contributed by atoms with E-state index in [1.54, 1.807) is 42.1 Å². The predicted octanol–water partition coefficient (Wildman–Crippen LogP) is 4.52. The van der Waals surface area contributed by atoms with Gasteiger partial charge in [0.15, 0.2) is 0 Å². The van der Waals surface area contributed by atoms with Crippen LogP contribution in [0.5, 0.6) is 5.75 Å². The monoisotopic (exact) mass is 496 g/mol. The van der Waals surface area contributed by atoms with Crippen molar-refractivity contribution in [1.82, 2.24) is 10.2 Å². The van der Waals surface area contributed by atoms with E-state index in [2.05, 4.69) is 20.2 Å². The highest BCUT2D eigenvalue weighted by Gasteiger charge is 2.17. The zero-order valence-electron chi connectivity index (χ0n) is 18.2. The number of hydrogen-bond acceptors (Lipinski definition) is 8. The number of methoxy groups -OCH3 is 1. The van der Waals surface area contributed by atoms with Crippen LogP contribution in [-0.2, 0) is 10.0 Å². The Hall–Kier alpha value is -3.83. The zero-order chi connectivity index (χ0) is 24.1. The van der Waals surface area contributed by atoms with Crippen molar-refractivity contribution < 1.29 is 22.4 Å². The zero-order valence-corrected chi connectivity index (χ0v) is 19.8. The quantitative estimate of drug-likeness (QED) is 0.341. The molecule has 11 heteroatoms. The van der Waals surface area contributed by atoms with Gasteiger partial charge >= 0.3 is 6.01 Å². The van der Waals surface area contributed by atoms with E-state index in [0.717, 1.165) is 10.5 Å². The van der Waals surface area contributed by atoms with E-state index in [9.17, 15) is 13.2 Å². The number of amides is 1. The molecule has 0 aliphatic heterocycles. The Bertz CT molecular complexity index is 1420. The number of anilines is 2. The fourth-order valence-electron chi connectivity index (χ4n) is 3.01. The van der Waals surface area contributed by atoms with E-state index in [-0.39, 0.29) is 28.1 Å². The van der Waals surface area contributed by atoms with Gasteiger partial charge in [-0.05, 0) is 66.9 Å². The molecule has 0 atom stereocenters. The number of carbonyl (C=O) groups excluding carboxylic acids is 1. The molecule has 4 rings (SSSR count). The third-order valence-electron chi connectivity index (χ3n) is 4.71. The number of nitrogens with zero attached hydrogens (tertiary/aromatic N) is 2. The summed E-state index contributed by atoms with van der Waals surface area (Å²) in [6.45, 7) is 0. The lowest BCUT2D eigenvalue weighted by atomic mass is 10.2. The van der Waals surface area contributed by atoms with Gasteiger partial charge in [0.1, 0.15) is 5.75 Å². The number of rotatable bonds is 8. The van der Waals surface area contributed by atoms with Crippen LogP contribution < -0.4 is 14.8 Å². The van der Waals surface area contributed by atoms with Crippen LogP contribution in [0.1, 0.15) is 10.4 Å². The molecule has 3 aromatic carbocycles. The third-order valence-corrected chi connectivity index (χ3v) is 6.83. The van der Waals surface area contributed by atoms with Gasteiger partial charge in [0.25, 0.3) is 15.9 Å². The van der Waals surface area contributed by atoms with Gasteiger partial charge in [0, 0.05) is 21.7 Å². The minimum Gasteiger partial charge on any atom is -0.497 e. The first-order valence-corrected chi connectivity index (χ1v) is 12.6. The number of thioether (sulfide) groups is 1. The van der Waals surface area contributed by atoms with Crippen molar-refractivity contribution in [3.05, 3.63) is 78.4 Å². The summed E-state index contributed by atoms with van der Waals surface area (Å²) in [5.41, 5.74) is 1.16. The highest BCUT2D eigenvalue weighted by atomic mass is 32.2. The molecule has 34 heavy (non-hydrogen) atoms.